The molecule has 72 valence electrons. The van der Waals surface area contributed by atoms with Gasteiger partial charge in [0, 0.05) is 19.3 Å². The van der Waals surface area contributed by atoms with Crippen molar-refractivity contribution < 1.29 is 0 Å². The number of aromatic nitrogens is 1. The summed E-state index contributed by atoms with van der Waals surface area (Å²) in [5.74, 6) is 1.08. The van der Waals surface area contributed by atoms with E-state index in [-0.39, 0.29) is 0 Å². The van der Waals surface area contributed by atoms with Crippen LogP contribution >= 0.6 is 0 Å². The Balaban J connectivity index is 3.01. The molecule has 2 heteroatoms. The second-order valence-corrected chi connectivity index (χ2v) is 3.86. The normalized spacial score (nSPS) is 10.6. The molecular weight excluding hydrogens is 160 g/mol. The van der Waals surface area contributed by atoms with Gasteiger partial charge in [0.05, 0.1) is 0 Å². The molecule has 0 aliphatic heterocycles. The van der Waals surface area contributed by atoms with E-state index in [2.05, 4.69) is 50.7 Å². The summed E-state index contributed by atoms with van der Waals surface area (Å²) in [5, 5.41) is 0. The number of nitrogens with zero attached hydrogens (tertiary/aromatic N) is 2. The first-order chi connectivity index (χ1) is 6.02. The minimum absolute atomic E-state index is 0.494. The maximum Gasteiger partial charge on any atom is 0.131 e. The van der Waals surface area contributed by atoms with Gasteiger partial charge in [-0.1, -0.05) is 6.07 Å². The molecule has 13 heavy (non-hydrogen) atoms. The van der Waals surface area contributed by atoms with Crippen LogP contribution in [0.2, 0.25) is 0 Å². The lowest BCUT2D eigenvalue weighted by atomic mass is 10.2. The maximum absolute atomic E-state index is 4.42. The van der Waals surface area contributed by atoms with Crippen LogP contribution in [-0.4, -0.2) is 18.1 Å². The average Bonchev–Trinajstić information content (AvgIpc) is 2.03. The molecule has 0 aliphatic rings. The highest BCUT2D eigenvalue weighted by molar-refractivity contribution is 5.47. The molecule has 0 N–H and O–H groups in total. The van der Waals surface area contributed by atoms with Gasteiger partial charge < -0.3 is 4.90 Å². The van der Waals surface area contributed by atoms with Crippen LogP contribution in [0.4, 0.5) is 5.82 Å². The second kappa shape index (κ2) is 3.77. The molecule has 0 radical (unpaired) electrons. The van der Waals surface area contributed by atoms with Crippen molar-refractivity contribution in [3.63, 3.8) is 0 Å². The van der Waals surface area contributed by atoms with E-state index in [1.165, 1.54) is 11.1 Å². The molecule has 0 amide bonds. The summed E-state index contributed by atoms with van der Waals surface area (Å²) < 4.78 is 0. The summed E-state index contributed by atoms with van der Waals surface area (Å²) in [6.45, 7) is 8.51. The third-order valence-corrected chi connectivity index (χ3v) is 2.30. The van der Waals surface area contributed by atoms with Gasteiger partial charge in [0.15, 0.2) is 0 Å². The first kappa shape index (κ1) is 10.0. The van der Waals surface area contributed by atoms with E-state index in [0.717, 1.165) is 5.82 Å². The zero-order chi connectivity index (χ0) is 10.0. The quantitative estimate of drug-likeness (QED) is 0.692. The van der Waals surface area contributed by atoms with Crippen molar-refractivity contribution in [2.75, 3.05) is 11.9 Å². The highest BCUT2D eigenvalue weighted by Crippen LogP contribution is 2.17. The first-order valence-electron chi connectivity index (χ1n) is 4.68. The lowest BCUT2D eigenvalue weighted by Crippen LogP contribution is -2.27. The molecule has 0 aromatic carbocycles. The Morgan fingerprint density at radius 2 is 1.92 bits per heavy atom. The molecule has 0 atom stereocenters. The van der Waals surface area contributed by atoms with Crippen molar-refractivity contribution in [3.8, 4) is 0 Å². The third-order valence-electron chi connectivity index (χ3n) is 2.30. The standard InChI is InChI=1S/C11H18N2/c1-8(2)13(5)11-10(4)6-9(3)7-12-11/h6-8H,1-5H3. The summed E-state index contributed by atoms with van der Waals surface area (Å²) in [7, 11) is 2.08. The topological polar surface area (TPSA) is 16.1 Å². The molecule has 1 heterocycles. The molecule has 0 saturated heterocycles. The van der Waals surface area contributed by atoms with Crippen molar-refractivity contribution in [2.45, 2.75) is 33.7 Å². The van der Waals surface area contributed by atoms with Gasteiger partial charge in [-0.3, -0.25) is 0 Å². The van der Waals surface area contributed by atoms with E-state index in [9.17, 15) is 0 Å². The molecular formula is C11H18N2. The van der Waals surface area contributed by atoms with Crippen LogP contribution in [0.5, 0.6) is 0 Å². The number of hydrogen-bond donors (Lipinski definition) is 0. The Morgan fingerprint density at radius 3 is 2.38 bits per heavy atom. The number of anilines is 1. The van der Waals surface area contributed by atoms with Gasteiger partial charge in [-0.05, 0) is 38.8 Å². The molecule has 2 nitrogen and oxygen atoms in total. The van der Waals surface area contributed by atoms with Crippen molar-refractivity contribution in [3.05, 3.63) is 23.4 Å². The Hall–Kier alpha value is -1.05. The molecule has 1 aromatic heterocycles. The lowest BCUT2D eigenvalue weighted by molar-refractivity contribution is 0.740. The summed E-state index contributed by atoms with van der Waals surface area (Å²) in [6, 6.07) is 2.66. The Bertz CT molecular complexity index is 292. The van der Waals surface area contributed by atoms with Gasteiger partial charge in [-0.25, -0.2) is 4.98 Å². The largest absolute Gasteiger partial charge is 0.357 e. The van der Waals surface area contributed by atoms with E-state index >= 15 is 0 Å². The van der Waals surface area contributed by atoms with Gasteiger partial charge in [0.1, 0.15) is 5.82 Å². The highest BCUT2D eigenvalue weighted by Gasteiger charge is 2.08. The third kappa shape index (κ3) is 2.20. The smallest absolute Gasteiger partial charge is 0.131 e. The predicted molar refractivity (Wildman–Crippen MR) is 57.3 cm³/mol. The fourth-order valence-corrected chi connectivity index (χ4v) is 1.32. The molecule has 0 fully saturated rings. The van der Waals surface area contributed by atoms with E-state index in [0.29, 0.717) is 6.04 Å². The van der Waals surface area contributed by atoms with Gasteiger partial charge >= 0.3 is 0 Å². The minimum atomic E-state index is 0.494. The van der Waals surface area contributed by atoms with Crippen LogP contribution in [0.15, 0.2) is 12.3 Å². The van der Waals surface area contributed by atoms with Gasteiger partial charge in [0.25, 0.3) is 0 Å². The summed E-state index contributed by atoms with van der Waals surface area (Å²) in [5.41, 5.74) is 2.47. The molecule has 0 saturated carbocycles. The van der Waals surface area contributed by atoms with Crippen LogP contribution in [0.3, 0.4) is 0 Å². The highest BCUT2D eigenvalue weighted by atomic mass is 15.2. The van der Waals surface area contributed by atoms with Crippen LogP contribution < -0.4 is 4.90 Å². The minimum Gasteiger partial charge on any atom is -0.357 e. The summed E-state index contributed by atoms with van der Waals surface area (Å²) >= 11 is 0. The predicted octanol–water partition coefficient (Wildman–Crippen LogP) is 2.54. The van der Waals surface area contributed by atoms with Crippen molar-refractivity contribution in [2.24, 2.45) is 0 Å². The second-order valence-electron chi connectivity index (χ2n) is 3.86. The Morgan fingerprint density at radius 1 is 1.31 bits per heavy atom. The molecule has 0 aliphatic carbocycles. The maximum atomic E-state index is 4.42. The zero-order valence-corrected chi connectivity index (χ0v) is 9.13. The number of aryl methyl sites for hydroxylation is 2. The van der Waals surface area contributed by atoms with E-state index < -0.39 is 0 Å². The molecule has 0 unspecified atom stereocenters. The van der Waals surface area contributed by atoms with E-state index in [1.54, 1.807) is 0 Å². The van der Waals surface area contributed by atoms with E-state index in [1.807, 2.05) is 6.20 Å². The number of pyridine rings is 1. The van der Waals surface area contributed by atoms with Crippen LogP contribution in [0.1, 0.15) is 25.0 Å². The molecule has 0 bridgehead atoms. The van der Waals surface area contributed by atoms with Crippen LogP contribution in [0, 0.1) is 13.8 Å². The van der Waals surface area contributed by atoms with E-state index in [4.69, 9.17) is 0 Å². The van der Waals surface area contributed by atoms with Gasteiger partial charge in [0.2, 0.25) is 0 Å². The molecule has 1 rings (SSSR count). The lowest BCUT2D eigenvalue weighted by Gasteiger charge is -2.24. The van der Waals surface area contributed by atoms with Gasteiger partial charge in [-0.15, -0.1) is 0 Å². The first-order valence-corrected chi connectivity index (χ1v) is 4.68. The average molecular weight is 178 g/mol. The zero-order valence-electron chi connectivity index (χ0n) is 9.13. The van der Waals surface area contributed by atoms with Gasteiger partial charge in [-0.2, -0.15) is 0 Å². The molecule has 0 spiro atoms. The van der Waals surface area contributed by atoms with Crippen molar-refractivity contribution in [1.82, 2.24) is 4.98 Å². The summed E-state index contributed by atoms with van der Waals surface area (Å²) in [6.07, 6.45) is 1.92. The molecule has 1 aromatic rings. The fraction of sp³-hybridized carbons (Fsp3) is 0.545. The van der Waals surface area contributed by atoms with Crippen molar-refractivity contribution >= 4 is 5.82 Å². The van der Waals surface area contributed by atoms with Crippen molar-refractivity contribution in [1.29, 1.82) is 0 Å². The SMILES string of the molecule is Cc1cnc(N(C)C(C)C)c(C)c1. The monoisotopic (exact) mass is 178 g/mol. The number of rotatable bonds is 2. The van der Waals surface area contributed by atoms with Crippen LogP contribution in [0.25, 0.3) is 0 Å². The fourth-order valence-electron chi connectivity index (χ4n) is 1.32. The Labute approximate surface area is 80.6 Å². The Kier molecular flexibility index (Phi) is 2.91. The van der Waals surface area contributed by atoms with Crippen LogP contribution in [-0.2, 0) is 0 Å². The number of hydrogen-bond acceptors (Lipinski definition) is 2. The summed E-state index contributed by atoms with van der Waals surface area (Å²) in [4.78, 5) is 6.61.